The van der Waals surface area contributed by atoms with Crippen molar-refractivity contribution in [1.29, 1.82) is 0 Å². The van der Waals surface area contributed by atoms with E-state index in [4.69, 9.17) is 4.74 Å². The van der Waals surface area contributed by atoms with Crippen molar-refractivity contribution in [2.75, 3.05) is 6.61 Å². The lowest BCUT2D eigenvalue weighted by molar-refractivity contribution is -0.108. The zero-order chi connectivity index (χ0) is 14.5. The number of ether oxygens (including phenoxy) is 1. The number of rotatable bonds is 6. The van der Waals surface area contributed by atoms with Gasteiger partial charge in [-0.1, -0.05) is 13.3 Å². The molecule has 0 amide bonds. The molecule has 20 heavy (non-hydrogen) atoms. The number of aromatic nitrogens is 1. The summed E-state index contributed by atoms with van der Waals surface area (Å²) in [6.45, 7) is 4.72. The highest BCUT2D eigenvalue weighted by molar-refractivity contribution is 5.84. The number of hydrogen-bond donors (Lipinski definition) is 0. The van der Waals surface area contributed by atoms with Gasteiger partial charge in [0.2, 0.25) is 0 Å². The van der Waals surface area contributed by atoms with Crippen LogP contribution in [-0.2, 0) is 11.3 Å². The number of hydrogen-bond acceptors (Lipinski definition) is 3. The number of pyridine rings is 1. The second kappa shape index (κ2) is 6.37. The van der Waals surface area contributed by atoms with Crippen LogP contribution in [0, 0.1) is 6.92 Å². The Morgan fingerprint density at radius 2 is 2.10 bits per heavy atom. The van der Waals surface area contributed by atoms with E-state index in [1.54, 1.807) is 6.07 Å². The fourth-order valence-electron chi connectivity index (χ4n) is 2.21. The summed E-state index contributed by atoms with van der Waals surface area (Å²) in [6.07, 6.45) is 2.80. The minimum Gasteiger partial charge on any atom is -0.494 e. The smallest absolute Gasteiger partial charge is 0.251 e. The van der Waals surface area contributed by atoms with E-state index in [2.05, 4.69) is 6.92 Å². The molecule has 106 valence electrons. The molecule has 0 spiro atoms. The van der Waals surface area contributed by atoms with E-state index < -0.39 is 0 Å². The van der Waals surface area contributed by atoms with Crippen LogP contribution in [0.4, 0.5) is 0 Å². The van der Waals surface area contributed by atoms with Crippen LogP contribution in [0.25, 0.3) is 10.9 Å². The third kappa shape index (κ3) is 2.90. The topological polar surface area (TPSA) is 48.3 Å². The van der Waals surface area contributed by atoms with Crippen LogP contribution in [0.15, 0.2) is 29.1 Å². The number of fused-ring (bicyclic) bond motifs is 1. The standard InChI is InChI=1S/C16H19NO3/c1-3-4-9-20-13-5-6-14-12(2)10-16(19)17(7-8-18)15(14)11-13/h5-6,8,10-11H,3-4,7,9H2,1-2H3. The number of nitrogens with zero attached hydrogens (tertiary/aromatic N) is 1. The van der Waals surface area contributed by atoms with Gasteiger partial charge in [0.15, 0.2) is 0 Å². The zero-order valence-corrected chi connectivity index (χ0v) is 11.9. The third-order valence-electron chi connectivity index (χ3n) is 3.31. The Kier molecular flexibility index (Phi) is 4.56. The van der Waals surface area contributed by atoms with Gasteiger partial charge in [0, 0.05) is 17.5 Å². The second-order valence-corrected chi connectivity index (χ2v) is 4.82. The van der Waals surface area contributed by atoms with Crippen molar-refractivity contribution >= 4 is 17.2 Å². The van der Waals surface area contributed by atoms with Gasteiger partial charge in [-0.3, -0.25) is 4.79 Å². The maximum atomic E-state index is 12.0. The van der Waals surface area contributed by atoms with Crippen molar-refractivity contribution in [1.82, 2.24) is 4.57 Å². The maximum Gasteiger partial charge on any atom is 0.251 e. The fourth-order valence-corrected chi connectivity index (χ4v) is 2.21. The number of carbonyl (C=O) groups excluding carboxylic acids is 1. The van der Waals surface area contributed by atoms with Gasteiger partial charge in [-0.15, -0.1) is 0 Å². The Balaban J connectivity index is 2.50. The summed E-state index contributed by atoms with van der Waals surface area (Å²) in [6, 6.07) is 7.24. The first-order valence-corrected chi connectivity index (χ1v) is 6.88. The predicted octanol–water partition coefficient (Wildman–Crippen LogP) is 2.69. The predicted molar refractivity (Wildman–Crippen MR) is 79.4 cm³/mol. The Morgan fingerprint density at radius 3 is 2.80 bits per heavy atom. The largest absolute Gasteiger partial charge is 0.494 e. The van der Waals surface area contributed by atoms with Crippen LogP contribution in [0.2, 0.25) is 0 Å². The molecule has 0 saturated carbocycles. The van der Waals surface area contributed by atoms with Crippen molar-refractivity contribution in [2.24, 2.45) is 0 Å². The molecule has 0 unspecified atom stereocenters. The van der Waals surface area contributed by atoms with Crippen LogP contribution in [0.3, 0.4) is 0 Å². The Bertz CT molecular complexity index is 673. The van der Waals surface area contributed by atoms with Gasteiger partial charge in [-0.2, -0.15) is 0 Å². The molecule has 0 saturated heterocycles. The molecule has 0 atom stereocenters. The van der Waals surface area contributed by atoms with Gasteiger partial charge in [-0.25, -0.2) is 0 Å². The van der Waals surface area contributed by atoms with Gasteiger partial charge in [-0.05, 0) is 31.0 Å². The first-order valence-electron chi connectivity index (χ1n) is 6.88. The molecule has 0 radical (unpaired) electrons. The average Bonchev–Trinajstić information content (AvgIpc) is 2.43. The number of aryl methyl sites for hydroxylation is 1. The SMILES string of the molecule is CCCCOc1ccc2c(C)cc(=O)n(CC=O)c2c1. The number of unbranched alkanes of at least 4 members (excludes halogenated alkanes) is 1. The molecule has 4 heteroatoms. The Morgan fingerprint density at radius 1 is 1.30 bits per heavy atom. The Hall–Kier alpha value is -2.10. The minimum absolute atomic E-state index is 0.0635. The molecule has 0 aliphatic rings. The van der Waals surface area contributed by atoms with E-state index in [-0.39, 0.29) is 12.1 Å². The van der Waals surface area contributed by atoms with E-state index in [0.29, 0.717) is 6.61 Å². The van der Waals surface area contributed by atoms with E-state index in [9.17, 15) is 9.59 Å². The molecule has 0 fully saturated rings. The van der Waals surface area contributed by atoms with Gasteiger partial charge < -0.3 is 14.1 Å². The summed E-state index contributed by atoms with van der Waals surface area (Å²) < 4.78 is 7.14. The first-order chi connectivity index (χ1) is 9.67. The molecule has 1 aromatic heterocycles. The third-order valence-corrected chi connectivity index (χ3v) is 3.31. The van der Waals surface area contributed by atoms with E-state index in [0.717, 1.165) is 41.3 Å². The highest BCUT2D eigenvalue weighted by Crippen LogP contribution is 2.22. The van der Waals surface area contributed by atoms with E-state index in [1.165, 1.54) is 4.57 Å². The van der Waals surface area contributed by atoms with Crippen LogP contribution in [-0.4, -0.2) is 17.5 Å². The normalized spacial score (nSPS) is 10.7. The molecule has 0 aliphatic carbocycles. The van der Waals surface area contributed by atoms with Crippen molar-refractivity contribution < 1.29 is 9.53 Å². The molecule has 2 rings (SSSR count). The lowest BCUT2D eigenvalue weighted by Crippen LogP contribution is -2.21. The van der Waals surface area contributed by atoms with Gasteiger partial charge in [0.25, 0.3) is 5.56 Å². The van der Waals surface area contributed by atoms with Crippen molar-refractivity contribution in [2.45, 2.75) is 33.2 Å². The molecule has 1 heterocycles. The average molecular weight is 273 g/mol. The van der Waals surface area contributed by atoms with Crippen LogP contribution in [0.1, 0.15) is 25.3 Å². The lowest BCUT2D eigenvalue weighted by atomic mass is 10.1. The molecule has 0 aliphatic heterocycles. The first kappa shape index (κ1) is 14.3. The number of aldehydes is 1. The number of carbonyl (C=O) groups is 1. The van der Waals surface area contributed by atoms with Crippen LogP contribution in [0.5, 0.6) is 5.75 Å². The summed E-state index contributed by atoms with van der Waals surface area (Å²) in [7, 11) is 0. The fraction of sp³-hybridized carbons (Fsp3) is 0.375. The highest BCUT2D eigenvalue weighted by atomic mass is 16.5. The van der Waals surface area contributed by atoms with Crippen molar-refractivity contribution in [3.8, 4) is 5.75 Å². The lowest BCUT2D eigenvalue weighted by Gasteiger charge is -2.12. The molecular weight excluding hydrogens is 254 g/mol. The summed E-state index contributed by atoms with van der Waals surface area (Å²) in [4.78, 5) is 22.7. The quantitative estimate of drug-likeness (QED) is 0.600. The summed E-state index contributed by atoms with van der Waals surface area (Å²) >= 11 is 0. The number of benzene rings is 1. The second-order valence-electron chi connectivity index (χ2n) is 4.82. The van der Waals surface area contributed by atoms with E-state index in [1.807, 2.05) is 25.1 Å². The summed E-state index contributed by atoms with van der Waals surface area (Å²) in [5.41, 5.74) is 1.50. The summed E-state index contributed by atoms with van der Waals surface area (Å²) in [5, 5.41) is 0.967. The maximum absolute atomic E-state index is 12.0. The van der Waals surface area contributed by atoms with Crippen molar-refractivity contribution in [3.63, 3.8) is 0 Å². The van der Waals surface area contributed by atoms with Gasteiger partial charge in [0.1, 0.15) is 12.0 Å². The van der Waals surface area contributed by atoms with Crippen molar-refractivity contribution in [3.05, 3.63) is 40.2 Å². The summed E-state index contributed by atoms with van der Waals surface area (Å²) in [5.74, 6) is 0.732. The molecule has 1 aromatic carbocycles. The van der Waals surface area contributed by atoms with Crippen LogP contribution >= 0.6 is 0 Å². The van der Waals surface area contributed by atoms with E-state index >= 15 is 0 Å². The van der Waals surface area contributed by atoms with Gasteiger partial charge >= 0.3 is 0 Å². The monoisotopic (exact) mass is 273 g/mol. The molecule has 4 nitrogen and oxygen atoms in total. The molecule has 2 aromatic rings. The Labute approximate surface area is 118 Å². The molecule has 0 N–H and O–H groups in total. The molecule has 0 bridgehead atoms. The zero-order valence-electron chi connectivity index (χ0n) is 11.9. The molecular formula is C16H19NO3. The highest BCUT2D eigenvalue weighted by Gasteiger charge is 2.07. The van der Waals surface area contributed by atoms with Gasteiger partial charge in [0.05, 0.1) is 18.7 Å². The minimum atomic E-state index is -0.159. The van der Waals surface area contributed by atoms with Crippen LogP contribution < -0.4 is 10.3 Å².